The number of hydrogen-bond donors (Lipinski definition) is 3. The highest BCUT2D eigenvalue weighted by Crippen LogP contribution is 2.30. The predicted molar refractivity (Wildman–Crippen MR) is 248 cm³/mol. The number of nitrogens with one attached hydrogen (secondary N) is 3. The van der Waals surface area contributed by atoms with E-state index in [1.54, 1.807) is 37.6 Å². The smallest absolute Gasteiger partial charge is 0.328 e. The molecule has 7 amide bonds. The van der Waals surface area contributed by atoms with E-state index in [1.165, 1.54) is 38.4 Å². The van der Waals surface area contributed by atoms with Crippen LogP contribution in [-0.4, -0.2) is 146 Å². The van der Waals surface area contributed by atoms with E-state index in [0.717, 1.165) is 5.56 Å². The summed E-state index contributed by atoms with van der Waals surface area (Å²) in [6, 6.07) is 6.47. The quantitative estimate of drug-likeness (QED) is 0.0660. The number of unbranched alkanes of at least 4 members (excludes halogenated alkanes) is 2. The Morgan fingerprint density at radius 3 is 2.12 bits per heavy atom. The summed E-state index contributed by atoms with van der Waals surface area (Å²) >= 11 is 0. The molecule has 8 atom stereocenters. The molecule has 66 heavy (non-hydrogen) atoms. The van der Waals surface area contributed by atoms with Crippen molar-refractivity contribution in [2.75, 3.05) is 48.0 Å². The van der Waals surface area contributed by atoms with Gasteiger partial charge in [-0.15, -0.1) is 0 Å². The maximum absolute atomic E-state index is 14.5. The number of imide groups is 1. The Balaban J connectivity index is 1.65. The second-order valence-electron chi connectivity index (χ2n) is 18.7. The molecule has 0 radical (unpaired) electrons. The lowest BCUT2D eigenvalue weighted by atomic mass is 9.88. The number of likely N-dealkylation sites (N-methyl/N-ethyl adjacent to an activating group) is 1. The van der Waals surface area contributed by atoms with Gasteiger partial charge in [0.2, 0.25) is 29.5 Å². The fraction of sp³-hybridized carbons (Fsp3) is 0.673. The van der Waals surface area contributed by atoms with Crippen molar-refractivity contribution in [3.63, 3.8) is 0 Å². The molecule has 3 rings (SSSR count). The summed E-state index contributed by atoms with van der Waals surface area (Å²) in [6.07, 6.45) is 5.19. The summed E-state index contributed by atoms with van der Waals surface area (Å²) in [5, 5.41) is 8.64. The third-order valence-corrected chi connectivity index (χ3v) is 13.1. The highest BCUT2D eigenvalue weighted by atomic mass is 16.5. The molecule has 0 spiro atoms. The first-order valence-corrected chi connectivity index (χ1v) is 23.4. The molecule has 1 unspecified atom stereocenters. The molecular formula is C49H76N6O11. The molecule has 1 aromatic carbocycles. The number of hydrogen-bond acceptors (Lipinski definition) is 11. The van der Waals surface area contributed by atoms with Crippen molar-refractivity contribution in [3.8, 4) is 0 Å². The molecule has 2 aliphatic heterocycles. The lowest BCUT2D eigenvalue weighted by Crippen LogP contribution is -2.59. The van der Waals surface area contributed by atoms with Gasteiger partial charge in [-0.25, -0.2) is 4.79 Å². The van der Waals surface area contributed by atoms with Crippen LogP contribution in [0.4, 0.5) is 0 Å². The fourth-order valence-corrected chi connectivity index (χ4v) is 8.74. The van der Waals surface area contributed by atoms with Crippen LogP contribution in [0.1, 0.15) is 105 Å². The number of nitrogens with zero attached hydrogens (tertiary/aromatic N) is 3. The van der Waals surface area contributed by atoms with Gasteiger partial charge >= 0.3 is 5.97 Å². The van der Waals surface area contributed by atoms with Gasteiger partial charge in [-0.3, -0.25) is 38.5 Å². The summed E-state index contributed by atoms with van der Waals surface area (Å²) in [7, 11) is 5.96. The minimum atomic E-state index is -1.07. The van der Waals surface area contributed by atoms with Gasteiger partial charge < -0.3 is 40.0 Å². The number of benzene rings is 1. The topological polar surface area (TPSA) is 210 Å². The van der Waals surface area contributed by atoms with Gasteiger partial charge in [0, 0.05) is 65.9 Å². The summed E-state index contributed by atoms with van der Waals surface area (Å²) in [4.78, 5) is 110. The van der Waals surface area contributed by atoms with E-state index in [4.69, 9.17) is 14.2 Å². The average molecular weight is 925 g/mol. The molecule has 2 heterocycles. The van der Waals surface area contributed by atoms with Crippen molar-refractivity contribution in [2.45, 2.75) is 143 Å². The van der Waals surface area contributed by atoms with Gasteiger partial charge in [-0.1, -0.05) is 77.8 Å². The summed E-state index contributed by atoms with van der Waals surface area (Å²) in [5.41, 5.74) is -0.217. The Bertz CT molecular complexity index is 1840. The second kappa shape index (κ2) is 26.2. The molecule has 1 saturated heterocycles. The van der Waals surface area contributed by atoms with Crippen LogP contribution in [0.25, 0.3) is 0 Å². The van der Waals surface area contributed by atoms with Crippen LogP contribution in [0, 0.1) is 23.2 Å². The molecule has 0 aromatic heterocycles. The lowest BCUT2D eigenvalue weighted by molar-refractivity contribution is -0.149. The first kappa shape index (κ1) is 55.2. The number of methoxy groups -OCH3 is 3. The average Bonchev–Trinajstić information content (AvgIpc) is 3.91. The number of esters is 1. The Kier molecular flexibility index (Phi) is 21.9. The molecule has 17 nitrogen and oxygen atoms in total. The third-order valence-electron chi connectivity index (χ3n) is 13.1. The zero-order chi connectivity index (χ0) is 49.3. The van der Waals surface area contributed by atoms with Crippen LogP contribution < -0.4 is 16.0 Å². The molecule has 3 N–H and O–H groups in total. The van der Waals surface area contributed by atoms with Gasteiger partial charge in [0.1, 0.15) is 12.1 Å². The molecule has 0 bridgehead atoms. The van der Waals surface area contributed by atoms with Gasteiger partial charge in [-0.05, 0) is 56.9 Å². The molecule has 1 fully saturated rings. The Labute approximate surface area is 391 Å². The Hall–Kier alpha value is -5.16. The Morgan fingerprint density at radius 2 is 1.55 bits per heavy atom. The summed E-state index contributed by atoms with van der Waals surface area (Å²) < 4.78 is 17.0. The molecule has 1 aromatic rings. The summed E-state index contributed by atoms with van der Waals surface area (Å²) in [5.74, 6) is -4.02. The number of likely N-dealkylation sites (tertiary alicyclic amines) is 1. The van der Waals surface area contributed by atoms with Gasteiger partial charge in [0.25, 0.3) is 11.8 Å². The monoisotopic (exact) mass is 925 g/mol. The molecule has 2 aliphatic rings. The maximum atomic E-state index is 14.5. The highest BCUT2D eigenvalue weighted by Gasteiger charge is 2.44. The van der Waals surface area contributed by atoms with Crippen LogP contribution in [0.3, 0.4) is 0 Å². The lowest BCUT2D eigenvalue weighted by Gasteiger charge is -2.41. The zero-order valence-corrected chi connectivity index (χ0v) is 41.1. The number of amides is 7. The molecule has 17 heteroatoms. The van der Waals surface area contributed by atoms with Crippen molar-refractivity contribution >= 4 is 47.3 Å². The van der Waals surface area contributed by atoms with Crippen molar-refractivity contribution in [3.05, 3.63) is 48.0 Å². The number of ether oxygens (including phenoxy) is 3. The van der Waals surface area contributed by atoms with Crippen LogP contribution in [0.2, 0.25) is 0 Å². The van der Waals surface area contributed by atoms with E-state index in [-0.39, 0.29) is 67.2 Å². The van der Waals surface area contributed by atoms with E-state index in [1.807, 2.05) is 58.0 Å². The van der Waals surface area contributed by atoms with Crippen molar-refractivity contribution < 1.29 is 52.6 Å². The molecule has 0 saturated carbocycles. The van der Waals surface area contributed by atoms with E-state index in [0.29, 0.717) is 51.6 Å². The maximum Gasteiger partial charge on any atom is 0.328 e. The van der Waals surface area contributed by atoms with Gasteiger partial charge in [-0.2, -0.15) is 0 Å². The van der Waals surface area contributed by atoms with Crippen molar-refractivity contribution in [1.29, 1.82) is 0 Å². The fourth-order valence-electron chi connectivity index (χ4n) is 8.74. The van der Waals surface area contributed by atoms with Crippen molar-refractivity contribution in [1.82, 2.24) is 30.7 Å². The SMILES string of the molecule is CC[C@H](C)[C@@H]([C@@H](CC(=O)N1CCC[C@H]1C(OC)[C@@H](C)C(=O)N[C@@H](Cc1ccccc1)C(=O)OC)OC)N(C)C(=O)[C@@H](NC(=O)C(C)(C)CNC(=O)CCCCCN1C(=O)C=CC1=O)C(C)C. The zero-order valence-electron chi connectivity index (χ0n) is 41.1. The van der Waals surface area contributed by atoms with Crippen LogP contribution in [-0.2, 0) is 59.0 Å². The molecule has 368 valence electrons. The first-order chi connectivity index (χ1) is 31.2. The van der Waals surface area contributed by atoms with E-state index in [2.05, 4.69) is 16.0 Å². The van der Waals surface area contributed by atoms with Crippen molar-refractivity contribution in [2.24, 2.45) is 23.2 Å². The van der Waals surface area contributed by atoms with E-state index >= 15 is 0 Å². The minimum Gasteiger partial charge on any atom is -0.467 e. The van der Waals surface area contributed by atoms with Crippen LogP contribution in [0.5, 0.6) is 0 Å². The second-order valence-corrected chi connectivity index (χ2v) is 18.7. The van der Waals surface area contributed by atoms with Gasteiger partial charge in [0.05, 0.1) is 49.2 Å². The number of carbonyl (C=O) groups excluding carboxylic acids is 8. The minimum absolute atomic E-state index is 0.0332. The largest absolute Gasteiger partial charge is 0.467 e. The Morgan fingerprint density at radius 1 is 0.894 bits per heavy atom. The van der Waals surface area contributed by atoms with Crippen LogP contribution >= 0.6 is 0 Å². The highest BCUT2D eigenvalue weighted by molar-refractivity contribution is 6.12. The third kappa shape index (κ3) is 15.2. The molecule has 0 aliphatic carbocycles. The standard InChI is InChI=1S/C49H76N6O11/c1-12-32(4)43(53(8)46(61)42(31(2)3)52-48(63)49(6,7)30-50-38(56)23-17-14-18-26-55-39(57)24-25-40(55)58)37(64-9)29-41(59)54-27-19-22-36(54)44(65-10)33(5)45(60)51-35(47(62)66-11)28-34-20-15-13-16-21-34/h13,15-16,20-21,24-25,31-33,35-37,42-44H,12,14,17-19,22-23,26-30H2,1-11H3,(H,50,56)(H,51,60)(H,52,63)/t32-,33+,35-,36-,37+,42-,43-,44?/m0/s1. The predicted octanol–water partition coefficient (Wildman–Crippen LogP) is 3.58. The summed E-state index contributed by atoms with van der Waals surface area (Å²) in [6.45, 7) is 13.5. The van der Waals surface area contributed by atoms with Crippen LogP contribution in [0.15, 0.2) is 42.5 Å². The van der Waals surface area contributed by atoms with E-state index in [9.17, 15) is 38.4 Å². The normalized spacial score (nSPS) is 18.3. The number of rotatable bonds is 27. The number of carbonyl (C=O) groups is 8. The van der Waals surface area contributed by atoms with E-state index < -0.39 is 65.5 Å². The first-order valence-electron chi connectivity index (χ1n) is 23.4. The molecular weight excluding hydrogens is 849 g/mol. The van der Waals surface area contributed by atoms with Gasteiger partial charge in [0.15, 0.2) is 0 Å².